The highest BCUT2D eigenvalue weighted by atomic mass is 19.4. The van der Waals surface area contributed by atoms with E-state index in [4.69, 9.17) is 4.74 Å². The van der Waals surface area contributed by atoms with E-state index < -0.39 is 22.9 Å². The zero-order chi connectivity index (χ0) is 15.3. The Balaban J connectivity index is 2.00. The second-order valence-corrected chi connectivity index (χ2v) is 6.42. The third kappa shape index (κ3) is 2.27. The maximum atomic E-state index is 12.8. The van der Waals surface area contributed by atoms with Crippen LogP contribution in [0.5, 0.6) is 0 Å². The molecule has 0 radical (unpaired) electrons. The van der Waals surface area contributed by atoms with Gasteiger partial charge in [-0.05, 0) is 30.5 Å². The van der Waals surface area contributed by atoms with Gasteiger partial charge in [-0.15, -0.1) is 0 Å². The summed E-state index contributed by atoms with van der Waals surface area (Å²) in [5.41, 5.74) is -0.182. The predicted molar refractivity (Wildman–Crippen MR) is 71.3 cm³/mol. The minimum atomic E-state index is -4.37. The van der Waals surface area contributed by atoms with Gasteiger partial charge < -0.3 is 9.84 Å². The number of rotatable bonds is 1. The van der Waals surface area contributed by atoms with E-state index in [2.05, 4.69) is 0 Å². The van der Waals surface area contributed by atoms with Crippen molar-refractivity contribution in [2.45, 2.75) is 57.6 Å². The van der Waals surface area contributed by atoms with Crippen LogP contribution in [0.15, 0.2) is 18.2 Å². The molecular formula is C16H19F3O2. The SMILES string of the molecule is CC1(C2(O)OCc3cc(C(F)(F)F)ccc32)CCCCC1. The summed E-state index contributed by atoms with van der Waals surface area (Å²) in [6, 6.07) is 3.51. The first-order chi connectivity index (χ1) is 9.76. The van der Waals surface area contributed by atoms with Crippen LogP contribution >= 0.6 is 0 Å². The number of hydrogen-bond donors (Lipinski definition) is 1. The summed E-state index contributed by atoms with van der Waals surface area (Å²) in [7, 11) is 0. The van der Waals surface area contributed by atoms with Crippen molar-refractivity contribution < 1.29 is 23.0 Å². The fourth-order valence-corrected chi connectivity index (χ4v) is 3.65. The summed E-state index contributed by atoms with van der Waals surface area (Å²) in [6.07, 6.45) is 0.431. The van der Waals surface area contributed by atoms with Crippen LogP contribution in [0.4, 0.5) is 13.2 Å². The molecule has 5 heteroatoms. The number of alkyl halides is 3. The minimum Gasteiger partial charge on any atom is -0.361 e. The predicted octanol–water partition coefficient (Wildman–Crippen LogP) is 4.35. The summed E-state index contributed by atoms with van der Waals surface area (Å²) < 4.78 is 43.9. The standard InChI is InChI=1S/C16H19F3O2/c1-14(7-3-2-4-8-14)15(20)13-6-5-12(16(17,18)19)9-11(13)10-21-15/h5-6,9,20H,2-4,7-8,10H2,1H3. The lowest BCUT2D eigenvalue weighted by Gasteiger charge is -2.44. The monoisotopic (exact) mass is 300 g/mol. The first-order valence-electron chi connectivity index (χ1n) is 7.33. The van der Waals surface area contributed by atoms with E-state index in [1.54, 1.807) is 0 Å². The van der Waals surface area contributed by atoms with Crippen LogP contribution in [0.1, 0.15) is 55.7 Å². The Kier molecular flexibility index (Phi) is 3.33. The van der Waals surface area contributed by atoms with Gasteiger partial charge in [0.25, 0.3) is 0 Å². The molecule has 0 amide bonds. The van der Waals surface area contributed by atoms with Crippen LogP contribution in [-0.4, -0.2) is 5.11 Å². The molecule has 0 spiro atoms. The van der Waals surface area contributed by atoms with Crippen LogP contribution in [0.3, 0.4) is 0 Å². The molecule has 2 nitrogen and oxygen atoms in total. The molecule has 2 aliphatic rings. The molecule has 1 heterocycles. The lowest BCUT2D eigenvalue weighted by molar-refractivity contribution is -0.280. The molecule has 1 fully saturated rings. The molecule has 0 bridgehead atoms. The minimum absolute atomic E-state index is 0.0331. The molecule has 116 valence electrons. The molecular weight excluding hydrogens is 281 g/mol. The van der Waals surface area contributed by atoms with Crippen LogP contribution in [0.25, 0.3) is 0 Å². The Morgan fingerprint density at radius 2 is 1.81 bits per heavy atom. The number of benzene rings is 1. The molecule has 3 rings (SSSR count). The number of ether oxygens (including phenoxy) is 1. The normalized spacial score (nSPS) is 28.4. The zero-order valence-electron chi connectivity index (χ0n) is 12.0. The molecule has 1 unspecified atom stereocenters. The summed E-state index contributed by atoms with van der Waals surface area (Å²) in [6.45, 7) is 2.00. The molecule has 1 aliphatic heterocycles. The summed E-state index contributed by atoms with van der Waals surface area (Å²) >= 11 is 0. The van der Waals surface area contributed by atoms with Gasteiger partial charge in [-0.25, -0.2) is 0 Å². The summed E-state index contributed by atoms with van der Waals surface area (Å²) in [5, 5.41) is 11.0. The van der Waals surface area contributed by atoms with Gasteiger partial charge in [0.1, 0.15) is 0 Å². The zero-order valence-corrected chi connectivity index (χ0v) is 12.0. The molecule has 0 saturated heterocycles. The lowest BCUT2D eigenvalue weighted by atomic mass is 9.67. The van der Waals surface area contributed by atoms with Crippen LogP contribution in [0, 0.1) is 5.41 Å². The fourth-order valence-electron chi connectivity index (χ4n) is 3.65. The average Bonchev–Trinajstić information content (AvgIpc) is 2.78. The highest BCUT2D eigenvalue weighted by Gasteiger charge is 2.53. The maximum absolute atomic E-state index is 12.8. The number of fused-ring (bicyclic) bond motifs is 1. The Hall–Kier alpha value is -1.07. The van der Waals surface area contributed by atoms with Gasteiger partial charge in [0, 0.05) is 11.0 Å². The summed E-state index contributed by atoms with van der Waals surface area (Å²) in [5.74, 6) is -1.47. The quantitative estimate of drug-likeness (QED) is 0.835. The highest BCUT2D eigenvalue weighted by Crippen LogP contribution is 2.54. The first-order valence-corrected chi connectivity index (χ1v) is 7.33. The van der Waals surface area contributed by atoms with Crippen molar-refractivity contribution in [2.75, 3.05) is 0 Å². The second kappa shape index (κ2) is 4.71. The summed E-state index contributed by atoms with van der Waals surface area (Å²) in [4.78, 5) is 0. The van der Waals surface area contributed by atoms with Gasteiger partial charge in [0.15, 0.2) is 5.79 Å². The van der Waals surface area contributed by atoms with Crippen molar-refractivity contribution in [3.8, 4) is 0 Å². The Labute approximate surface area is 121 Å². The highest BCUT2D eigenvalue weighted by molar-refractivity contribution is 5.39. The van der Waals surface area contributed by atoms with E-state index in [9.17, 15) is 18.3 Å². The lowest BCUT2D eigenvalue weighted by Crippen LogP contribution is -2.45. The fraction of sp³-hybridized carbons (Fsp3) is 0.625. The smallest absolute Gasteiger partial charge is 0.361 e. The Morgan fingerprint density at radius 1 is 1.14 bits per heavy atom. The number of halogens is 3. The molecule has 0 aromatic heterocycles. The first kappa shape index (κ1) is 14.9. The molecule has 1 saturated carbocycles. The molecule has 1 aromatic carbocycles. The van der Waals surface area contributed by atoms with Gasteiger partial charge in [-0.3, -0.25) is 0 Å². The topological polar surface area (TPSA) is 29.5 Å². The van der Waals surface area contributed by atoms with Gasteiger partial charge in [-0.2, -0.15) is 13.2 Å². The van der Waals surface area contributed by atoms with Crippen LogP contribution in [0.2, 0.25) is 0 Å². The van der Waals surface area contributed by atoms with Crippen molar-refractivity contribution in [2.24, 2.45) is 5.41 Å². The van der Waals surface area contributed by atoms with E-state index in [1.165, 1.54) is 6.07 Å². The van der Waals surface area contributed by atoms with Crippen LogP contribution in [-0.2, 0) is 23.3 Å². The third-order valence-electron chi connectivity index (χ3n) is 5.01. The van der Waals surface area contributed by atoms with Crippen molar-refractivity contribution >= 4 is 0 Å². The van der Waals surface area contributed by atoms with Gasteiger partial charge >= 0.3 is 6.18 Å². The molecule has 1 N–H and O–H groups in total. The third-order valence-corrected chi connectivity index (χ3v) is 5.01. The van der Waals surface area contributed by atoms with Crippen molar-refractivity contribution in [3.05, 3.63) is 34.9 Å². The van der Waals surface area contributed by atoms with Crippen molar-refractivity contribution in [1.29, 1.82) is 0 Å². The van der Waals surface area contributed by atoms with Gasteiger partial charge in [0.05, 0.1) is 12.2 Å². The molecule has 1 aliphatic carbocycles. The molecule has 21 heavy (non-hydrogen) atoms. The Morgan fingerprint density at radius 3 is 2.43 bits per heavy atom. The van der Waals surface area contributed by atoms with E-state index in [1.807, 2.05) is 6.92 Å². The number of hydrogen-bond acceptors (Lipinski definition) is 2. The average molecular weight is 300 g/mol. The van der Waals surface area contributed by atoms with Crippen molar-refractivity contribution in [3.63, 3.8) is 0 Å². The van der Waals surface area contributed by atoms with E-state index in [0.717, 1.165) is 44.2 Å². The number of aliphatic hydroxyl groups is 1. The van der Waals surface area contributed by atoms with Gasteiger partial charge in [0.2, 0.25) is 0 Å². The van der Waals surface area contributed by atoms with E-state index in [-0.39, 0.29) is 6.61 Å². The Bertz CT molecular complexity index is 547. The van der Waals surface area contributed by atoms with E-state index in [0.29, 0.717) is 11.1 Å². The van der Waals surface area contributed by atoms with Crippen molar-refractivity contribution in [1.82, 2.24) is 0 Å². The van der Waals surface area contributed by atoms with E-state index >= 15 is 0 Å². The molecule has 1 atom stereocenters. The van der Waals surface area contributed by atoms with Gasteiger partial charge in [-0.1, -0.05) is 32.3 Å². The maximum Gasteiger partial charge on any atom is 0.416 e. The largest absolute Gasteiger partial charge is 0.416 e. The van der Waals surface area contributed by atoms with Crippen LogP contribution < -0.4 is 0 Å². The molecule has 1 aromatic rings. The second-order valence-electron chi connectivity index (χ2n) is 6.42.